The summed E-state index contributed by atoms with van der Waals surface area (Å²) in [5.41, 5.74) is 1.29. The zero-order valence-corrected chi connectivity index (χ0v) is 19.1. The van der Waals surface area contributed by atoms with Gasteiger partial charge in [0.1, 0.15) is 5.75 Å². The molecule has 0 unspecified atom stereocenters. The van der Waals surface area contributed by atoms with Crippen LogP contribution >= 0.6 is 38.9 Å². The van der Waals surface area contributed by atoms with Crippen molar-refractivity contribution in [1.82, 2.24) is 9.88 Å². The van der Waals surface area contributed by atoms with Gasteiger partial charge in [-0.05, 0) is 57.4 Å². The number of hydrogen-bond acceptors (Lipinski definition) is 5. The van der Waals surface area contributed by atoms with E-state index >= 15 is 0 Å². The number of halogens is 2. The molecule has 0 saturated heterocycles. The van der Waals surface area contributed by atoms with Crippen LogP contribution in [0.5, 0.6) is 5.75 Å². The summed E-state index contributed by atoms with van der Waals surface area (Å²) in [7, 11) is 3.95. The summed E-state index contributed by atoms with van der Waals surface area (Å²) in [6, 6.07) is 11.0. The van der Waals surface area contributed by atoms with Crippen LogP contribution in [0.4, 0.5) is 5.13 Å². The molecule has 1 amide bonds. The molecule has 0 fully saturated rings. The van der Waals surface area contributed by atoms with Gasteiger partial charge in [0.2, 0.25) is 0 Å². The molecule has 1 heterocycles. The summed E-state index contributed by atoms with van der Waals surface area (Å²) in [5, 5.41) is 1.06. The van der Waals surface area contributed by atoms with Crippen LogP contribution in [0.3, 0.4) is 0 Å². The van der Waals surface area contributed by atoms with E-state index in [9.17, 15) is 4.79 Å². The molecule has 148 valence electrons. The summed E-state index contributed by atoms with van der Waals surface area (Å²) in [6.45, 7) is 3.77. The molecule has 1 aromatic heterocycles. The summed E-state index contributed by atoms with van der Waals surface area (Å²) >= 11 is 11.2. The Morgan fingerprint density at radius 2 is 2.00 bits per heavy atom. The van der Waals surface area contributed by atoms with Gasteiger partial charge in [0.05, 0.1) is 27.4 Å². The molecule has 3 aromatic rings. The smallest absolute Gasteiger partial charge is 0.261 e. The number of likely N-dealkylation sites (N-methyl/N-ethyl adjacent to an activating group) is 1. The van der Waals surface area contributed by atoms with Gasteiger partial charge in [-0.3, -0.25) is 9.69 Å². The molecule has 0 atom stereocenters. The zero-order chi connectivity index (χ0) is 20.3. The van der Waals surface area contributed by atoms with Crippen LogP contribution in [0.2, 0.25) is 5.02 Å². The van der Waals surface area contributed by atoms with Crippen LogP contribution in [-0.4, -0.2) is 49.6 Å². The van der Waals surface area contributed by atoms with E-state index in [1.807, 2.05) is 50.2 Å². The Morgan fingerprint density at radius 1 is 1.21 bits per heavy atom. The van der Waals surface area contributed by atoms with Crippen LogP contribution < -0.4 is 9.64 Å². The number of aromatic nitrogens is 1. The summed E-state index contributed by atoms with van der Waals surface area (Å²) in [6.07, 6.45) is 0. The second-order valence-electron chi connectivity index (χ2n) is 6.44. The molecule has 0 spiro atoms. The molecular weight excluding hydrogens is 462 g/mol. The van der Waals surface area contributed by atoms with Crippen molar-refractivity contribution in [3.63, 3.8) is 0 Å². The van der Waals surface area contributed by atoms with Gasteiger partial charge in [-0.2, -0.15) is 0 Å². The highest BCUT2D eigenvalue weighted by Crippen LogP contribution is 2.33. The number of hydrogen-bond donors (Lipinski definition) is 0. The molecule has 0 bridgehead atoms. The lowest BCUT2D eigenvalue weighted by molar-refractivity contribution is 0.0985. The summed E-state index contributed by atoms with van der Waals surface area (Å²) in [5.74, 6) is 0.628. The van der Waals surface area contributed by atoms with Crippen LogP contribution in [-0.2, 0) is 0 Å². The summed E-state index contributed by atoms with van der Waals surface area (Å²) in [4.78, 5) is 21.7. The first-order valence-electron chi connectivity index (χ1n) is 8.84. The highest BCUT2D eigenvalue weighted by atomic mass is 79.9. The molecular formula is C20H21BrClN3O2S. The van der Waals surface area contributed by atoms with E-state index in [4.69, 9.17) is 16.3 Å². The predicted octanol–water partition coefficient (Wildman–Crippen LogP) is 5.32. The first-order valence-corrected chi connectivity index (χ1v) is 10.8. The second-order valence-corrected chi connectivity index (χ2v) is 8.78. The lowest BCUT2D eigenvalue weighted by Gasteiger charge is -2.22. The maximum Gasteiger partial charge on any atom is 0.261 e. The Hall–Kier alpha value is -1.67. The fraction of sp³-hybridized carbons (Fsp3) is 0.300. The molecule has 3 rings (SSSR count). The maximum absolute atomic E-state index is 13.3. The van der Waals surface area contributed by atoms with Gasteiger partial charge >= 0.3 is 0 Å². The van der Waals surface area contributed by atoms with E-state index < -0.39 is 0 Å². The molecule has 0 radical (unpaired) electrons. The SMILES string of the molecule is CCOc1ccc2nc(N(CCN(C)C)C(=O)c3cc(Br)ccc3Cl)sc2c1. The van der Waals surface area contributed by atoms with Crippen molar-refractivity contribution in [1.29, 1.82) is 0 Å². The van der Waals surface area contributed by atoms with Crippen molar-refractivity contribution in [2.24, 2.45) is 0 Å². The lowest BCUT2D eigenvalue weighted by Crippen LogP contribution is -2.36. The van der Waals surface area contributed by atoms with Crippen molar-refractivity contribution >= 4 is 60.1 Å². The van der Waals surface area contributed by atoms with Crippen molar-refractivity contribution in [3.8, 4) is 5.75 Å². The number of carbonyl (C=O) groups excluding carboxylic acids is 1. The molecule has 0 aliphatic carbocycles. The molecule has 0 N–H and O–H groups in total. The lowest BCUT2D eigenvalue weighted by atomic mass is 10.2. The van der Waals surface area contributed by atoms with Crippen molar-refractivity contribution < 1.29 is 9.53 Å². The predicted molar refractivity (Wildman–Crippen MR) is 120 cm³/mol. The maximum atomic E-state index is 13.3. The van der Waals surface area contributed by atoms with Crippen molar-refractivity contribution in [3.05, 3.63) is 51.5 Å². The van der Waals surface area contributed by atoms with Gasteiger partial charge in [0, 0.05) is 17.6 Å². The third-order valence-electron chi connectivity index (χ3n) is 4.07. The zero-order valence-electron chi connectivity index (χ0n) is 15.9. The van der Waals surface area contributed by atoms with Crippen LogP contribution in [0, 0.1) is 0 Å². The average Bonchev–Trinajstić information content (AvgIpc) is 3.06. The summed E-state index contributed by atoms with van der Waals surface area (Å²) < 4.78 is 7.36. The van der Waals surface area contributed by atoms with Gasteiger partial charge in [0.15, 0.2) is 5.13 Å². The molecule has 0 saturated carbocycles. The standard InChI is InChI=1S/C20H21BrClN3O2S/c1-4-27-14-6-8-17-18(12-14)28-20(23-17)25(10-9-24(2)3)19(26)15-11-13(21)5-7-16(15)22/h5-8,11-12H,4,9-10H2,1-3H3. The largest absolute Gasteiger partial charge is 0.494 e. The first kappa shape index (κ1) is 21.0. The fourth-order valence-corrected chi connectivity index (χ4v) is 4.23. The average molecular weight is 483 g/mol. The van der Waals surface area contributed by atoms with E-state index in [0.29, 0.717) is 35.4 Å². The van der Waals surface area contributed by atoms with E-state index in [1.54, 1.807) is 17.0 Å². The van der Waals surface area contributed by atoms with Gasteiger partial charge in [-0.25, -0.2) is 4.98 Å². The van der Waals surface area contributed by atoms with E-state index in [2.05, 4.69) is 20.9 Å². The normalized spacial score (nSPS) is 11.2. The monoisotopic (exact) mass is 481 g/mol. The minimum absolute atomic E-state index is 0.169. The molecule has 0 aliphatic heterocycles. The third-order valence-corrected chi connectivity index (χ3v) is 5.93. The van der Waals surface area contributed by atoms with Gasteiger partial charge in [-0.15, -0.1) is 0 Å². The van der Waals surface area contributed by atoms with Gasteiger partial charge in [0.25, 0.3) is 5.91 Å². The molecule has 5 nitrogen and oxygen atoms in total. The third kappa shape index (κ3) is 4.84. The quantitative estimate of drug-likeness (QED) is 0.457. The van der Waals surface area contributed by atoms with Crippen LogP contribution in [0.25, 0.3) is 10.2 Å². The minimum atomic E-state index is -0.169. The Morgan fingerprint density at radius 3 is 2.71 bits per heavy atom. The Balaban J connectivity index is 2.00. The molecule has 2 aromatic carbocycles. The van der Waals surface area contributed by atoms with Gasteiger partial charge in [-0.1, -0.05) is 38.9 Å². The van der Waals surface area contributed by atoms with Gasteiger partial charge < -0.3 is 9.64 Å². The highest BCUT2D eigenvalue weighted by Gasteiger charge is 2.23. The number of thiazole rings is 1. The minimum Gasteiger partial charge on any atom is -0.494 e. The number of rotatable bonds is 7. The van der Waals surface area contributed by atoms with Crippen molar-refractivity contribution in [2.45, 2.75) is 6.92 Å². The van der Waals surface area contributed by atoms with Crippen LogP contribution in [0.1, 0.15) is 17.3 Å². The highest BCUT2D eigenvalue weighted by molar-refractivity contribution is 9.10. The molecule has 0 aliphatic rings. The van der Waals surface area contributed by atoms with E-state index in [-0.39, 0.29) is 5.91 Å². The number of amides is 1. The number of carbonyl (C=O) groups is 1. The number of ether oxygens (including phenoxy) is 1. The Kier molecular flexibility index (Phi) is 6.93. The Bertz CT molecular complexity index is 993. The number of fused-ring (bicyclic) bond motifs is 1. The Labute approximate surface area is 182 Å². The molecule has 28 heavy (non-hydrogen) atoms. The first-order chi connectivity index (χ1) is 13.4. The molecule has 8 heteroatoms. The van der Waals surface area contributed by atoms with E-state index in [1.165, 1.54) is 11.3 Å². The number of benzene rings is 2. The van der Waals surface area contributed by atoms with Crippen molar-refractivity contribution in [2.75, 3.05) is 38.7 Å². The topological polar surface area (TPSA) is 45.7 Å². The number of anilines is 1. The second kappa shape index (κ2) is 9.22. The number of nitrogens with zero attached hydrogens (tertiary/aromatic N) is 3. The van der Waals surface area contributed by atoms with E-state index in [0.717, 1.165) is 20.4 Å². The van der Waals surface area contributed by atoms with Crippen LogP contribution in [0.15, 0.2) is 40.9 Å². The fourth-order valence-electron chi connectivity index (χ4n) is 2.66.